The largest absolute Gasteiger partial charge is 0.325 e. The van der Waals surface area contributed by atoms with Crippen molar-refractivity contribution in [3.63, 3.8) is 0 Å². The van der Waals surface area contributed by atoms with E-state index in [1.165, 1.54) is 31.3 Å². The molecule has 13 heavy (non-hydrogen) atoms. The molecule has 2 aliphatic carbocycles. The fraction of sp³-hybridized carbons (Fsp3) is 0.833. The first-order chi connectivity index (χ1) is 6.09. The number of allylic oxidation sites excluding steroid dienone is 1. The van der Waals surface area contributed by atoms with E-state index in [1.807, 2.05) is 0 Å². The molecule has 1 nitrogen and oxygen atoms in total. The van der Waals surface area contributed by atoms with Crippen LogP contribution in [0.15, 0.2) is 11.6 Å². The van der Waals surface area contributed by atoms with Crippen LogP contribution in [0, 0.1) is 11.8 Å². The van der Waals surface area contributed by atoms with Gasteiger partial charge in [-0.3, -0.25) is 0 Å². The van der Waals surface area contributed by atoms with Gasteiger partial charge in [0.25, 0.3) is 0 Å². The zero-order chi connectivity index (χ0) is 9.47. The van der Waals surface area contributed by atoms with E-state index in [2.05, 4.69) is 19.9 Å². The third kappa shape index (κ3) is 1.80. The Balaban J connectivity index is 1.94. The molecule has 1 unspecified atom stereocenters. The van der Waals surface area contributed by atoms with Gasteiger partial charge in [-0.05, 0) is 57.8 Å². The first-order valence-corrected chi connectivity index (χ1v) is 5.51. The van der Waals surface area contributed by atoms with Crippen molar-refractivity contribution in [2.45, 2.75) is 51.5 Å². The molecule has 0 radical (unpaired) electrons. The van der Waals surface area contributed by atoms with Gasteiger partial charge in [0.1, 0.15) is 0 Å². The quantitative estimate of drug-likeness (QED) is 0.648. The summed E-state index contributed by atoms with van der Waals surface area (Å²) in [6, 6.07) is 0. The number of fused-ring (bicyclic) bond motifs is 1. The molecular weight excluding hydrogens is 158 g/mol. The van der Waals surface area contributed by atoms with Crippen LogP contribution >= 0.6 is 0 Å². The molecule has 0 saturated heterocycles. The summed E-state index contributed by atoms with van der Waals surface area (Å²) in [6.45, 7) is 4.32. The SMILES string of the molecule is CC(C)=CCC1(N)C[C@H]2CC[C@H]2C1. The lowest BCUT2D eigenvalue weighted by molar-refractivity contribution is 0.219. The highest BCUT2D eigenvalue weighted by molar-refractivity contribution is 5.07. The molecular formula is C12H21N. The van der Waals surface area contributed by atoms with E-state index in [0.717, 1.165) is 18.3 Å². The summed E-state index contributed by atoms with van der Waals surface area (Å²) >= 11 is 0. The van der Waals surface area contributed by atoms with Crippen molar-refractivity contribution in [3.8, 4) is 0 Å². The van der Waals surface area contributed by atoms with Crippen LogP contribution in [0.3, 0.4) is 0 Å². The number of nitrogens with two attached hydrogens (primary N) is 1. The van der Waals surface area contributed by atoms with Crippen LogP contribution in [0.5, 0.6) is 0 Å². The molecule has 0 spiro atoms. The van der Waals surface area contributed by atoms with Gasteiger partial charge in [0.2, 0.25) is 0 Å². The third-order valence-electron chi connectivity index (χ3n) is 3.83. The predicted octanol–water partition coefficient (Wildman–Crippen LogP) is 2.86. The average Bonchev–Trinajstić information content (AvgIpc) is 2.26. The second-order valence-corrected chi connectivity index (χ2v) is 5.35. The number of rotatable bonds is 2. The van der Waals surface area contributed by atoms with Crippen molar-refractivity contribution in [2.24, 2.45) is 17.6 Å². The Morgan fingerprint density at radius 3 is 2.23 bits per heavy atom. The molecule has 2 saturated carbocycles. The molecule has 0 aliphatic heterocycles. The average molecular weight is 179 g/mol. The normalized spacial score (nSPS) is 42.4. The standard InChI is InChI=1S/C12H21N/c1-9(2)5-6-12(13)7-10-3-4-11(10)8-12/h5,10-11H,3-4,6-8,13H2,1-2H3/t10-,11+,12?. The second-order valence-electron chi connectivity index (χ2n) is 5.35. The summed E-state index contributed by atoms with van der Waals surface area (Å²) in [4.78, 5) is 0. The van der Waals surface area contributed by atoms with Gasteiger partial charge in [0.15, 0.2) is 0 Å². The highest BCUT2D eigenvalue weighted by atomic mass is 14.8. The van der Waals surface area contributed by atoms with Gasteiger partial charge in [-0.25, -0.2) is 0 Å². The summed E-state index contributed by atoms with van der Waals surface area (Å²) in [6.07, 6.45) is 8.85. The Labute approximate surface area is 81.4 Å². The summed E-state index contributed by atoms with van der Waals surface area (Å²) in [7, 11) is 0. The highest BCUT2D eigenvalue weighted by Gasteiger charge is 2.46. The Hall–Kier alpha value is -0.300. The van der Waals surface area contributed by atoms with Gasteiger partial charge in [-0.15, -0.1) is 0 Å². The van der Waals surface area contributed by atoms with E-state index >= 15 is 0 Å². The van der Waals surface area contributed by atoms with E-state index in [9.17, 15) is 0 Å². The Kier molecular flexibility index (Phi) is 2.23. The Morgan fingerprint density at radius 1 is 1.31 bits per heavy atom. The highest BCUT2D eigenvalue weighted by Crippen LogP contribution is 2.51. The van der Waals surface area contributed by atoms with E-state index in [0.29, 0.717) is 0 Å². The molecule has 74 valence electrons. The van der Waals surface area contributed by atoms with Crippen molar-refractivity contribution >= 4 is 0 Å². The maximum absolute atomic E-state index is 6.38. The molecule has 2 fully saturated rings. The van der Waals surface area contributed by atoms with E-state index in [-0.39, 0.29) is 5.54 Å². The smallest absolute Gasteiger partial charge is 0.0194 e. The lowest BCUT2D eigenvalue weighted by Gasteiger charge is -2.29. The minimum atomic E-state index is 0.156. The zero-order valence-corrected chi connectivity index (χ0v) is 8.84. The molecule has 0 bridgehead atoms. The van der Waals surface area contributed by atoms with Gasteiger partial charge < -0.3 is 5.73 Å². The van der Waals surface area contributed by atoms with Crippen LogP contribution in [0.1, 0.15) is 46.0 Å². The van der Waals surface area contributed by atoms with Gasteiger partial charge >= 0.3 is 0 Å². The van der Waals surface area contributed by atoms with Crippen molar-refractivity contribution in [1.82, 2.24) is 0 Å². The van der Waals surface area contributed by atoms with E-state index in [1.54, 1.807) is 0 Å². The summed E-state index contributed by atoms with van der Waals surface area (Å²) in [5.41, 5.74) is 7.95. The topological polar surface area (TPSA) is 26.0 Å². The van der Waals surface area contributed by atoms with Crippen LogP contribution in [-0.2, 0) is 0 Å². The molecule has 0 heterocycles. The maximum atomic E-state index is 6.38. The van der Waals surface area contributed by atoms with Gasteiger partial charge in [0.05, 0.1) is 0 Å². The molecule has 0 aromatic rings. The van der Waals surface area contributed by atoms with Crippen molar-refractivity contribution in [1.29, 1.82) is 0 Å². The fourth-order valence-electron chi connectivity index (χ4n) is 2.88. The molecule has 1 heteroatoms. The minimum absolute atomic E-state index is 0.156. The van der Waals surface area contributed by atoms with Crippen molar-refractivity contribution < 1.29 is 0 Å². The van der Waals surface area contributed by atoms with Crippen LogP contribution in [0.2, 0.25) is 0 Å². The third-order valence-corrected chi connectivity index (χ3v) is 3.83. The lowest BCUT2D eigenvalue weighted by Crippen LogP contribution is -2.36. The predicted molar refractivity (Wildman–Crippen MR) is 56.4 cm³/mol. The van der Waals surface area contributed by atoms with Crippen LogP contribution in [-0.4, -0.2) is 5.54 Å². The summed E-state index contributed by atoms with van der Waals surface area (Å²) in [5.74, 6) is 1.96. The second kappa shape index (κ2) is 3.13. The Bertz CT molecular complexity index is 213. The summed E-state index contributed by atoms with van der Waals surface area (Å²) in [5, 5.41) is 0. The molecule has 3 atom stereocenters. The summed E-state index contributed by atoms with van der Waals surface area (Å²) < 4.78 is 0. The van der Waals surface area contributed by atoms with Crippen LogP contribution in [0.25, 0.3) is 0 Å². The first-order valence-electron chi connectivity index (χ1n) is 5.51. The first kappa shape index (κ1) is 9.26. The van der Waals surface area contributed by atoms with E-state index in [4.69, 9.17) is 5.73 Å². The zero-order valence-electron chi connectivity index (χ0n) is 8.84. The molecule has 0 aromatic carbocycles. The van der Waals surface area contributed by atoms with Gasteiger partial charge in [-0.2, -0.15) is 0 Å². The number of hydrogen-bond donors (Lipinski definition) is 1. The van der Waals surface area contributed by atoms with Gasteiger partial charge in [-0.1, -0.05) is 11.6 Å². The minimum Gasteiger partial charge on any atom is -0.325 e. The number of hydrogen-bond acceptors (Lipinski definition) is 1. The molecule has 2 rings (SSSR count). The molecule has 0 aromatic heterocycles. The Morgan fingerprint density at radius 2 is 1.85 bits per heavy atom. The van der Waals surface area contributed by atoms with Crippen LogP contribution < -0.4 is 5.73 Å². The fourth-order valence-corrected chi connectivity index (χ4v) is 2.88. The maximum Gasteiger partial charge on any atom is 0.0194 e. The van der Waals surface area contributed by atoms with Crippen molar-refractivity contribution in [2.75, 3.05) is 0 Å². The van der Waals surface area contributed by atoms with E-state index < -0.39 is 0 Å². The molecule has 0 amide bonds. The lowest BCUT2D eigenvalue weighted by atomic mass is 9.77. The van der Waals surface area contributed by atoms with Crippen molar-refractivity contribution in [3.05, 3.63) is 11.6 Å². The molecule has 2 aliphatic rings. The van der Waals surface area contributed by atoms with Crippen LogP contribution in [0.4, 0.5) is 0 Å². The monoisotopic (exact) mass is 179 g/mol. The van der Waals surface area contributed by atoms with Gasteiger partial charge in [0, 0.05) is 5.54 Å². The molecule has 2 N–H and O–H groups in total.